The lowest BCUT2D eigenvalue weighted by atomic mass is 10.1. The minimum atomic E-state index is 0.504. The van der Waals surface area contributed by atoms with Crippen LogP contribution in [0.15, 0.2) is 42.5 Å². The van der Waals surface area contributed by atoms with Gasteiger partial charge in [0.05, 0.1) is 13.7 Å². The third-order valence-corrected chi connectivity index (χ3v) is 5.27. The number of aromatic nitrogens is 1. The second kappa shape index (κ2) is 6.45. The first-order valence-electron chi connectivity index (χ1n) is 8.93. The van der Waals surface area contributed by atoms with E-state index >= 15 is 0 Å². The predicted octanol–water partition coefficient (Wildman–Crippen LogP) is 3.63. The maximum atomic E-state index is 5.90. The summed E-state index contributed by atoms with van der Waals surface area (Å²) in [7, 11) is 1.71. The van der Waals surface area contributed by atoms with Crippen molar-refractivity contribution in [2.45, 2.75) is 32.4 Å². The molecule has 2 aromatic carbocycles. The molecule has 0 aliphatic carbocycles. The van der Waals surface area contributed by atoms with E-state index in [4.69, 9.17) is 10.5 Å². The fraction of sp³-hybridized carbons (Fsp3) is 0.333. The van der Waals surface area contributed by atoms with E-state index in [0.29, 0.717) is 12.6 Å². The highest BCUT2D eigenvalue weighted by Gasteiger charge is 2.26. The molecule has 0 saturated heterocycles. The van der Waals surface area contributed by atoms with E-state index in [1.165, 1.54) is 27.9 Å². The van der Waals surface area contributed by atoms with Gasteiger partial charge in [-0.15, -0.1) is 0 Å². The summed E-state index contributed by atoms with van der Waals surface area (Å²) in [4.78, 5) is 6.12. The van der Waals surface area contributed by atoms with Gasteiger partial charge in [-0.25, -0.2) is 0 Å². The molecule has 0 radical (unpaired) electrons. The predicted molar refractivity (Wildman–Crippen MR) is 103 cm³/mol. The highest BCUT2D eigenvalue weighted by Crippen LogP contribution is 2.35. The average molecular weight is 335 g/mol. The molecule has 0 fully saturated rings. The third-order valence-electron chi connectivity index (χ3n) is 5.27. The maximum Gasteiger partial charge on any atom is 0.119 e. The number of fused-ring (bicyclic) bond motifs is 2. The lowest BCUT2D eigenvalue weighted by Gasteiger charge is -2.25. The van der Waals surface area contributed by atoms with Crippen molar-refractivity contribution in [1.82, 2.24) is 4.98 Å². The lowest BCUT2D eigenvalue weighted by molar-refractivity contribution is 0.415. The molecule has 4 rings (SSSR count). The van der Waals surface area contributed by atoms with Gasteiger partial charge in [-0.2, -0.15) is 0 Å². The molecule has 1 aliphatic rings. The molecule has 1 aliphatic heterocycles. The van der Waals surface area contributed by atoms with Crippen molar-refractivity contribution in [3.05, 3.63) is 59.3 Å². The summed E-state index contributed by atoms with van der Waals surface area (Å²) >= 11 is 0. The van der Waals surface area contributed by atoms with Gasteiger partial charge in [-0.3, -0.25) is 0 Å². The standard InChI is InChI=1S/C21H25N3O/c1-14-11-15-5-3-4-6-21(15)24(14)13-20-17(9-10-22)18-12-16(25-2)7-8-19(18)23-20/h3-8,12,14,23H,9-11,13,22H2,1-2H3. The van der Waals surface area contributed by atoms with Crippen LogP contribution >= 0.6 is 0 Å². The van der Waals surface area contributed by atoms with Crippen LogP contribution in [-0.2, 0) is 19.4 Å². The molecule has 0 bridgehead atoms. The van der Waals surface area contributed by atoms with Gasteiger partial charge < -0.3 is 20.4 Å². The van der Waals surface area contributed by atoms with Gasteiger partial charge in [0, 0.05) is 28.3 Å². The average Bonchev–Trinajstić information content (AvgIpc) is 3.13. The summed E-state index contributed by atoms with van der Waals surface area (Å²) in [6.07, 6.45) is 1.98. The Hall–Kier alpha value is -2.46. The van der Waals surface area contributed by atoms with Crippen molar-refractivity contribution in [3.8, 4) is 5.75 Å². The Morgan fingerprint density at radius 1 is 1.24 bits per heavy atom. The van der Waals surface area contributed by atoms with Crippen LogP contribution in [0.2, 0.25) is 0 Å². The van der Waals surface area contributed by atoms with Crippen LogP contribution in [0.3, 0.4) is 0 Å². The first-order valence-corrected chi connectivity index (χ1v) is 8.93. The minimum Gasteiger partial charge on any atom is -0.497 e. The Balaban J connectivity index is 1.75. The van der Waals surface area contributed by atoms with Crippen molar-refractivity contribution in [1.29, 1.82) is 0 Å². The highest BCUT2D eigenvalue weighted by molar-refractivity contribution is 5.86. The molecule has 1 atom stereocenters. The van der Waals surface area contributed by atoms with Gasteiger partial charge in [0.15, 0.2) is 0 Å². The molecule has 1 aromatic heterocycles. The van der Waals surface area contributed by atoms with Crippen molar-refractivity contribution < 1.29 is 4.74 Å². The molecule has 4 nitrogen and oxygen atoms in total. The molecular weight excluding hydrogens is 310 g/mol. The number of nitrogens with two attached hydrogens (primary N) is 1. The van der Waals surface area contributed by atoms with Crippen LogP contribution in [0, 0.1) is 0 Å². The molecule has 3 aromatic rings. The van der Waals surface area contributed by atoms with E-state index in [-0.39, 0.29) is 0 Å². The Labute approximate surface area is 148 Å². The first kappa shape index (κ1) is 16.0. The summed E-state index contributed by atoms with van der Waals surface area (Å²) in [6, 6.07) is 15.4. The zero-order valence-corrected chi connectivity index (χ0v) is 14.9. The largest absolute Gasteiger partial charge is 0.497 e. The SMILES string of the molecule is COc1ccc2[nH]c(CN3c4ccccc4CC3C)c(CCN)c2c1. The van der Waals surface area contributed by atoms with E-state index in [1.807, 2.05) is 6.07 Å². The van der Waals surface area contributed by atoms with Crippen LogP contribution in [-0.4, -0.2) is 24.7 Å². The number of nitrogens with zero attached hydrogens (tertiary/aromatic N) is 1. The van der Waals surface area contributed by atoms with E-state index in [1.54, 1.807) is 7.11 Å². The summed E-state index contributed by atoms with van der Waals surface area (Å²) in [6.45, 7) is 3.82. The number of para-hydroxylation sites is 1. The van der Waals surface area contributed by atoms with Crippen molar-refractivity contribution >= 4 is 16.6 Å². The normalized spacial score (nSPS) is 16.4. The Bertz CT molecular complexity index is 899. The van der Waals surface area contributed by atoms with Gasteiger partial charge in [0.25, 0.3) is 0 Å². The number of benzene rings is 2. The minimum absolute atomic E-state index is 0.504. The molecular formula is C21H25N3O. The van der Waals surface area contributed by atoms with Crippen LogP contribution in [0.5, 0.6) is 5.75 Å². The van der Waals surface area contributed by atoms with Crippen molar-refractivity contribution in [2.75, 3.05) is 18.6 Å². The van der Waals surface area contributed by atoms with Gasteiger partial charge >= 0.3 is 0 Å². The summed E-state index contributed by atoms with van der Waals surface area (Å²) < 4.78 is 5.41. The molecule has 0 spiro atoms. The number of hydrogen-bond donors (Lipinski definition) is 2. The number of hydrogen-bond acceptors (Lipinski definition) is 3. The van der Waals surface area contributed by atoms with Crippen LogP contribution in [0.4, 0.5) is 5.69 Å². The van der Waals surface area contributed by atoms with E-state index in [9.17, 15) is 0 Å². The van der Waals surface area contributed by atoms with Crippen LogP contribution in [0.25, 0.3) is 10.9 Å². The second-order valence-electron chi connectivity index (χ2n) is 6.84. The number of anilines is 1. The number of methoxy groups -OCH3 is 1. The number of H-pyrrole nitrogens is 1. The highest BCUT2D eigenvalue weighted by atomic mass is 16.5. The molecule has 3 N–H and O–H groups in total. The molecule has 2 heterocycles. The molecule has 4 heteroatoms. The topological polar surface area (TPSA) is 54.3 Å². The molecule has 1 unspecified atom stereocenters. The summed E-state index contributed by atoms with van der Waals surface area (Å²) in [5, 5.41) is 1.22. The van der Waals surface area contributed by atoms with E-state index < -0.39 is 0 Å². The quantitative estimate of drug-likeness (QED) is 0.748. The first-order chi connectivity index (χ1) is 12.2. The lowest BCUT2D eigenvalue weighted by Crippen LogP contribution is -2.29. The van der Waals surface area contributed by atoms with Crippen molar-refractivity contribution in [3.63, 3.8) is 0 Å². The molecule has 130 valence electrons. The Morgan fingerprint density at radius 2 is 2.08 bits per heavy atom. The zero-order valence-electron chi connectivity index (χ0n) is 14.9. The van der Waals surface area contributed by atoms with Gasteiger partial charge in [0.2, 0.25) is 0 Å². The number of rotatable bonds is 5. The van der Waals surface area contributed by atoms with Crippen LogP contribution < -0.4 is 15.4 Å². The van der Waals surface area contributed by atoms with Crippen molar-refractivity contribution in [2.24, 2.45) is 5.73 Å². The second-order valence-corrected chi connectivity index (χ2v) is 6.84. The Kier molecular flexibility index (Phi) is 4.14. The summed E-state index contributed by atoms with van der Waals surface area (Å²) in [5.41, 5.74) is 12.4. The fourth-order valence-corrected chi connectivity index (χ4v) is 4.02. The fourth-order valence-electron chi connectivity index (χ4n) is 4.02. The van der Waals surface area contributed by atoms with Gasteiger partial charge in [-0.1, -0.05) is 18.2 Å². The number of ether oxygens (including phenoxy) is 1. The molecule has 0 saturated carbocycles. The summed E-state index contributed by atoms with van der Waals surface area (Å²) in [5.74, 6) is 0.885. The van der Waals surface area contributed by atoms with E-state index in [2.05, 4.69) is 53.2 Å². The smallest absolute Gasteiger partial charge is 0.119 e. The molecule has 0 amide bonds. The monoisotopic (exact) mass is 335 g/mol. The van der Waals surface area contributed by atoms with Gasteiger partial charge in [0.1, 0.15) is 5.75 Å². The molecule has 25 heavy (non-hydrogen) atoms. The zero-order chi connectivity index (χ0) is 17.4. The maximum absolute atomic E-state index is 5.90. The third kappa shape index (κ3) is 2.76. The number of aromatic amines is 1. The Morgan fingerprint density at radius 3 is 2.88 bits per heavy atom. The van der Waals surface area contributed by atoms with Crippen LogP contribution in [0.1, 0.15) is 23.7 Å². The number of nitrogens with one attached hydrogen (secondary N) is 1. The van der Waals surface area contributed by atoms with Gasteiger partial charge in [-0.05, 0) is 61.7 Å². The van der Waals surface area contributed by atoms with E-state index in [0.717, 1.165) is 30.7 Å².